The molecule has 5 nitrogen and oxygen atoms in total. The van der Waals surface area contributed by atoms with Crippen LogP contribution in [-0.2, 0) is 4.79 Å². The van der Waals surface area contributed by atoms with E-state index >= 15 is 0 Å². The van der Waals surface area contributed by atoms with E-state index in [0.717, 1.165) is 22.6 Å². The van der Waals surface area contributed by atoms with Crippen LogP contribution in [0.4, 0.5) is 4.39 Å². The molecule has 0 saturated carbocycles. The van der Waals surface area contributed by atoms with E-state index in [9.17, 15) is 9.18 Å². The standard InChI is InChI=1S/C19H17FN2O3S/c1-24-17-8-12(10-21)2-4-16(17)25-11-19(23)22-15-6-7-26-18-5-3-13(20)9-14(15)18/h2-5,8-9,15H,6-7,11H2,1H3,(H,22,23). The summed E-state index contributed by atoms with van der Waals surface area (Å²) < 4.78 is 24.2. The second-order valence-electron chi connectivity index (χ2n) is 5.71. The maximum absolute atomic E-state index is 13.5. The Balaban J connectivity index is 1.64. The van der Waals surface area contributed by atoms with E-state index in [1.807, 2.05) is 6.07 Å². The average Bonchev–Trinajstić information content (AvgIpc) is 2.66. The largest absolute Gasteiger partial charge is 0.493 e. The number of halogens is 1. The van der Waals surface area contributed by atoms with Crippen molar-refractivity contribution in [3.63, 3.8) is 0 Å². The van der Waals surface area contributed by atoms with Crippen molar-refractivity contribution in [3.05, 3.63) is 53.3 Å². The van der Waals surface area contributed by atoms with Crippen molar-refractivity contribution >= 4 is 17.7 Å². The van der Waals surface area contributed by atoms with E-state index in [4.69, 9.17) is 14.7 Å². The molecule has 2 aromatic rings. The Hall–Kier alpha value is -2.72. The van der Waals surface area contributed by atoms with Gasteiger partial charge in [-0.05, 0) is 42.3 Å². The Bertz CT molecular complexity index is 866. The fraction of sp³-hybridized carbons (Fsp3) is 0.263. The van der Waals surface area contributed by atoms with Gasteiger partial charge in [-0.1, -0.05) is 0 Å². The van der Waals surface area contributed by atoms with Gasteiger partial charge in [-0.3, -0.25) is 4.79 Å². The zero-order valence-corrected chi connectivity index (χ0v) is 14.9. The molecule has 1 aliphatic heterocycles. The van der Waals surface area contributed by atoms with Crippen LogP contribution in [0.25, 0.3) is 0 Å². The second kappa shape index (κ2) is 8.11. The molecule has 26 heavy (non-hydrogen) atoms. The minimum absolute atomic E-state index is 0.198. The van der Waals surface area contributed by atoms with E-state index in [-0.39, 0.29) is 24.4 Å². The quantitative estimate of drug-likeness (QED) is 0.871. The second-order valence-corrected chi connectivity index (χ2v) is 6.84. The number of nitriles is 1. The van der Waals surface area contributed by atoms with Crippen LogP contribution in [0, 0.1) is 17.1 Å². The van der Waals surface area contributed by atoms with Crippen molar-refractivity contribution in [1.82, 2.24) is 5.32 Å². The molecule has 1 amide bonds. The average molecular weight is 372 g/mol. The summed E-state index contributed by atoms with van der Waals surface area (Å²) >= 11 is 1.65. The molecule has 1 heterocycles. The summed E-state index contributed by atoms with van der Waals surface area (Å²) in [6.07, 6.45) is 0.729. The number of thioether (sulfide) groups is 1. The number of hydrogen-bond acceptors (Lipinski definition) is 5. The third kappa shape index (κ3) is 4.09. The molecule has 134 valence electrons. The molecule has 7 heteroatoms. The topological polar surface area (TPSA) is 71.3 Å². The first-order chi connectivity index (χ1) is 12.6. The summed E-state index contributed by atoms with van der Waals surface area (Å²) in [5, 5.41) is 11.8. The van der Waals surface area contributed by atoms with Gasteiger partial charge in [0.15, 0.2) is 18.1 Å². The van der Waals surface area contributed by atoms with Crippen LogP contribution in [0.15, 0.2) is 41.3 Å². The number of benzene rings is 2. The van der Waals surface area contributed by atoms with Gasteiger partial charge in [-0.2, -0.15) is 5.26 Å². The predicted octanol–water partition coefficient (Wildman–Crippen LogP) is 3.44. The molecule has 2 aromatic carbocycles. The third-order valence-electron chi connectivity index (χ3n) is 4.00. The predicted molar refractivity (Wildman–Crippen MR) is 95.8 cm³/mol. The van der Waals surface area contributed by atoms with Gasteiger partial charge in [0.1, 0.15) is 5.82 Å². The molecule has 1 atom stereocenters. The van der Waals surface area contributed by atoms with Gasteiger partial charge in [-0.25, -0.2) is 4.39 Å². The Labute approximate surface area is 155 Å². The van der Waals surface area contributed by atoms with E-state index in [2.05, 4.69) is 5.32 Å². The summed E-state index contributed by atoms with van der Waals surface area (Å²) in [7, 11) is 1.47. The summed E-state index contributed by atoms with van der Waals surface area (Å²) in [6.45, 7) is -0.198. The monoisotopic (exact) mass is 372 g/mol. The smallest absolute Gasteiger partial charge is 0.258 e. The van der Waals surface area contributed by atoms with Crippen molar-refractivity contribution in [3.8, 4) is 17.6 Å². The van der Waals surface area contributed by atoms with E-state index in [1.165, 1.54) is 19.2 Å². The lowest BCUT2D eigenvalue weighted by atomic mass is 10.0. The van der Waals surface area contributed by atoms with Crippen LogP contribution in [0.1, 0.15) is 23.6 Å². The van der Waals surface area contributed by atoms with Crippen molar-refractivity contribution in [2.45, 2.75) is 17.4 Å². The number of hydrogen-bond donors (Lipinski definition) is 1. The third-order valence-corrected chi connectivity index (χ3v) is 5.12. The molecule has 0 bridgehead atoms. The zero-order valence-electron chi connectivity index (χ0n) is 14.1. The normalized spacial score (nSPS) is 15.5. The fourth-order valence-corrected chi connectivity index (χ4v) is 3.86. The SMILES string of the molecule is COc1cc(C#N)ccc1OCC(=O)NC1CCSc2ccc(F)cc21. The van der Waals surface area contributed by atoms with Gasteiger partial charge in [0.05, 0.1) is 24.8 Å². The Morgan fingerprint density at radius 3 is 2.96 bits per heavy atom. The van der Waals surface area contributed by atoms with Crippen LogP contribution >= 0.6 is 11.8 Å². The Morgan fingerprint density at radius 1 is 1.35 bits per heavy atom. The first-order valence-corrected chi connectivity index (χ1v) is 9.02. The van der Waals surface area contributed by atoms with Crippen molar-refractivity contribution in [2.24, 2.45) is 0 Å². The number of carbonyl (C=O) groups is 1. The molecule has 0 spiro atoms. The Morgan fingerprint density at radius 2 is 2.19 bits per heavy atom. The van der Waals surface area contributed by atoms with Crippen LogP contribution < -0.4 is 14.8 Å². The number of methoxy groups -OCH3 is 1. The minimum Gasteiger partial charge on any atom is -0.493 e. The number of nitrogens with one attached hydrogen (secondary N) is 1. The van der Waals surface area contributed by atoms with Gasteiger partial charge in [-0.15, -0.1) is 11.8 Å². The van der Waals surface area contributed by atoms with Crippen LogP contribution in [0.5, 0.6) is 11.5 Å². The number of carbonyl (C=O) groups excluding carboxylic acids is 1. The highest BCUT2D eigenvalue weighted by Crippen LogP contribution is 2.36. The van der Waals surface area contributed by atoms with E-state index in [1.54, 1.807) is 36.0 Å². The molecule has 0 aromatic heterocycles. The number of amides is 1. The van der Waals surface area contributed by atoms with Crippen LogP contribution in [0.3, 0.4) is 0 Å². The van der Waals surface area contributed by atoms with Crippen molar-refractivity contribution in [1.29, 1.82) is 5.26 Å². The molecule has 1 unspecified atom stereocenters. The summed E-state index contributed by atoms with van der Waals surface area (Å²) in [6, 6.07) is 11.1. The molecule has 0 aliphatic carbocycles. The molecular weight excluding hydrogens is 355 g/mol. The van der Waals surface area contributed by atoms with Crippen LogP contribution in [0.2, 0.25) is 0 Å². The van der Waals surface area contributed by atoms with Crippen molar-refractivity contribution in [2.75, 3.05) is 19.5 Å². The van der Waals surface area contributed by atoms with Crippen molar-refractivity contribution < 1.29 is 18.7 Å². The lowest BCUT2D eigenvalue weighted by Crippen LogP contribution is -2.34. The molecule has 3 rings (SSSR count). The Kier molecular flexibility index (Phi) is 5.64. The highest BCUT2D eigenvalue weighted by Gasteiger charge is 2.23. The van der Waals surface area contributed by atoms with E-state index < -0.39 is 0 Å². The fourth-order valence-electron chi connectivity index (χ4n) is 2.75. The highest BCUT2D eigenvalue weighted by molar-refractivity contribution is 7.99. The maximum Gasteiger partial charge on any atom is 0.258 e. The molecule has 1 N–H and O–H groups in total. The zero-order chi connectivity index (χ0) is 18.5. The first kappa shape index (κ1) is 18.1. The highest BCUT2D eigenvalue weighted by atomic mass is 32.2. The number of nitrogens with zero attached hydrogens (tertiary/aromatic N) is 1. The molecular formula is C19H17FN2O3S. The van der Waals surface area contributed by atoms with Gasteiger partial charge in [0.2, 0.25) is 0 Å². The lowest BCUT2D eigenvalue weighted by molar-refractivity contribution is -0.123. The lowest BCUT2D eigenvalue weighted by Gasteiger charge is -2.26. The number of fused-ring (bicyclic) bond motifs is 1. The molecule has 1 aliphatic rings. The van der Waals surface area contributed by atoms with Gasteiger partial charge in [0, 0.05) is 16.7 Å². The first-order valence-electron chi connectivity index (χ1n) is 8.03. The summed E-state index contributed by atoms with van der Waals surface area (Å²) in [5.41, 5.74) is 1.24. The summed E-state index contributed by atoms with van der Waals surface area (Å²) in [4.78, 5) is 13.3. The van der Waals surface area contributed by atoms with E-state index in [0.29, 0.717) is 17.1 Å². The molecule has 0 saturated heterocycles. The van der Waals surface area contributed by atoms with Gasteiger partial charge in [0.25, 0.3) is 5.91 Å². The number of rotatable bonds is 5. The number of ether oxygens (including phenoxy) is 2. The molecule has 0 fully saturated rings. The van der Waals surface area contributed by atoms with Gasteiger partial charge >= 0.3 is 0 Å². The summed E-state index contributed by atoms with van der Waals surface area (Å²) in [5.74, 6) is 1.01. The van der Waals surface area contributed by atoms with Crippen LogP contribution in [-0.4, -0.2) is 25.4 Å². The molecule has 0 radical (unpaired) electrons. The maximum atomic E-state index is 13.5. The minimum atomic E-state index is -0.316. The van der Waals surface area contributed by atoms with Gasteiger partial charge < -0.3 is 14.8 Å².